The summed E-state index contributed by atoms with van der Waals surface area (Å²) in [6.45, 7) is 5.92. The Morgan fingerprint density at radius 1 is 1.10 bits per heavy atom. The van der Waals surface area contributed by atoms with Crippen LogP contribution in [0.5, 0.6) is 11.5 Å². The van der Waals surface area contributed by atoms with Gasteiger partial charge in [0.15, 0.2) is 12.9 Å². The zero-order chi connectivity index (χ0) is 21.7. The molecular weight excluding hydrogens is 387 g/mol. The minimum Gasteiger partial charge on any atom is -0.496 e. The van der Waals surface area contributed by atoms with Gasteiger partial charge in [0.1, 0.15) is 17.3 Å². The third kappa shape index (κ3) is 4.97. The average Bonchev–Trinajstić information content (AvgIpc) is 2.75. The van der Waals surface area contributed by atoms with Crippen LogP contribution >= 0.6 is 0 Å². The van der Waals surface area contributed by atoms with E-state index in [0.717, 1.165) is 5.56 Å². The van der Waals surface area contributed by atoms with E-state index in [4.69, 9.17) is 9.47 Å². The van der Waals surface area contributed by atoms with Crippen molar-refractivity contribution in [1.82, 2.24) is 9.80 Å². The summed E-state index contributed by atoms with van der Waals surface area (Å²) in [5.74, 6) is 0.361. The molecular formula is C23H27FN2O4. The fourth-order valence-corrected chi connectivity index (χ4v) is 3.76. The van der Waals surface area contributed by atoms with E-state index < -0.39 is 0 Å². The van der Waals surface area contributed by atoms with Gasteiger partial charge in [-0.05, 0) is 43.7 Å². The van der Waals surface area contributed by atoms with Gasteiger partial charge < -0.3 is 14.4 Å². The second-order valence-corrected chi connectivity index (χ2v) is 7.58. The van der Waals surface area contributed by atoms with E-state index in [2.05, 4.69) is 11.8 Å². The van der Waals surface area contributed by atoms with Crippen LogP contribution in [0.1, 0.15) is 29.8 Å². The Bertz CT molecular complexity index is 887. The van der Waals surface area contributed by atoms with Crippen molar-refractivity contribution >= 4 is 12.2 Å². The number of piperazine rings is 1. The number of rotatable bonds is 7. The highest BCUT2D eigenvalue weighted by Crippen LogP contribution is 2.26. The molecule has 7 heteroatoms. The van der Waals surface area contributed by atoms with Crippen LogP contribution in [0.2, 0.25) is 0 Å². The predicted octanol–water partition coefficient (Wildman–Crippen LogP) is 3.15. The summed E-state index contributed by atoms with van der Waals surface area (Å²) in [4.78, 5) is 28.3. The van der Waals surface area contributed by atoms with Crippen LogP contribution in [0, 0.1) is 5.82 Å². The van der Waals surface area contributed by atoms with Crippen molar-refractivity contribution < 1.29 is 23.5 Å². The van der Waals surface area contributed by atoms with E-state index in [9.17, 15) is 14.0 Å². The molecule has 0 spiro atoms. The fourth-order valence-electron chi connectivity index (χ4n) is 3.76. The molecule has 0 unspecified atom stereocenters. The van der Waals surface area contributed by atoms with Crippen LogP contribution in [-0.4, -0.2) is 60.9 Å². The maximum Gasteiger partial charge on any atom is 0.260 e. The summed E-state index contributed by atoms with van der Waals surface area (Å²) in [5, 5.41) is 0. The van der Waals surface area contributed by atoms with E-state index >= 15 is 0 Å². The van der Waals surface area contributed by atoms with Gasteiger partial charge in [-0.1, -0.05) is 18.2 Å². The maximum atomic E-state index is 13.1. The minimum absolute atomic E-state index is 0.00796. The minimum atomic E-state index is -0.246. The average molecular weight is 414 g/mol. The molecule has 0 aromatic heterocycles. The Morgan fingerprint density at radius 3 is 2.47 bits per heavy atom. The Morgan fingerprint density at radius 2 is 1.80 bits per heavy atom. The first-order chi connectivity index (χ1) is 14.4. The van der Waals surface area contributed by atoms with Crippen molar-refractivity contribution in [2.45, 2.75) is 32.5 Å². The molecule has 0 aliphatic carbocycles. The quantitative estimate of drug-likeness (QED) is 0.652. The normalized spacial score (nSPS) is 19.4. The third-order valence-electron chi connectivity index (χ3n) is 5.45. The van der Waals surface area contributed by atoms with Crippen LogP contribution in [0.4, 0.5) is 4.39 Å². The van der Waals surface area contributed by atoms with E-state index in [1.807, 2.05) is 11.8 Å². The molecule has 0 radical (unpaired) electrons. The highest BCUT2D eigenvalue weighted by molar-refractivity contribution is 5.84. The van der Waals surface area contributed by atoms with Crippen molar-refractivity contribution in [2.24, 2.45) is 0 Å². The molecule has 0 saturated carbocycles. The molecule has 0 N–H and O–H groups in total. The number of carbonyl (C=O) groups excluding carboxylic acids is 2. The van der Waals surface area contributed by atoms with E-state index in [-0.39, 0.29) is 30.4 Å². The number of benzene rings is 2. The lowest BCUT2D eigenvalue weighted by atomic mass is 10.1. The lowest BCUT2D eigenvalue weighted by Gasteiger charge is -2.44. The Labute approximate surface area is 176 Å². The highest BCUT2D eigenvalue weighted by Gasteiger charge is 2.32. The number of methoxy groups -OCH3 is 1. The first-order valence-electron chi connectivity index (χ1n) is 9.96. The predicted molar refractivity (Wildman–Crippen MR) is 111 cm³/mol. The molecule has 2 aromatic carbocycles. The number of nitrogens with zero attached hydrogens (tertiary/aromatic N) is 2. The lowest BCUT2D eigenvalue weighted by Crippen LogP contribution is -2.58. The Kier molecular flexibility index (Phi) is 7.05. The van der Waals surface area contributed by atoms with Crippen molar-refractivity contribution in [2.75, 3.05) is 26.8 Å². The molecule has 0 bridgehead atoms. The topological polar surface area (TPSA) is 59.1 Å². The number of carbonyl (C=O) groups is 2. The van der Waals surface area contributed by atoms with Crippen LogP contribution in [0.3, 0.4) is 0 Å². The summed E-state index contributed by atoms with van der Waals surface area (Å²) < 4.78 is 24.0. The third-order valence-corrected chi connectivity index (χ3v) is 5.45. The van der Waals surface area contributed by atoms with Gasteiger partial charge in [0, 0.05) is 31.7 Å². The molecule has 1 amide bonds. The molecule has 1 saturated heterocycles. The van der Waals surface area contributed by atoms with Crippen LogP contribution in [-0.2, 0) is 11.3 Å². The van der Waals surface area contributed by atoms with Gasteiger partial charge in [-0.3, -0.25) is 14.5 Å². The van der Waals surface area contributed by atoms with Crippen LogP contribution in [0.15, 0.2) is 42.5 Å². The largest absolute Gasteiger partial charge is 0.496 e. The number of amides is 1. The standard InChI is InChI=1S/C23H27FN2O4/c1-16-12-26(17(2)11-25(16)13-18-7-9-19(24)10-8-18)23(28)15-30-22-6-4-5-21(29-3)20(22)14-27/h4-10,14,16-17H,11-13,15H2,1-3H3/t16-,17+/m1/s1. The number of hydrogen-bond donors (Lipinski definition) is 0. The molecule has 1 aliphatic heterocycles. The Hall–Kier alpha value is -2.93. The number of hydrogen-bond acceptors (Lipinski definition) is 5. The summed E-state index contributed by atoms with van der Waals surface area (Å²) in [5.41, 5.74) is 1.33. The number of aldehydes is 1. The zero-order valence-electron chi connectivity index (χ0n) is 17.5. The molecule has 1 fully saturated rings. The number of ether oxygens (including phenoxy) is 2. The second-order valence-electron chi connectivity index (χ2n) is 7.58. The van der Waals surface area contributed by atoms with Crippen LogP contribution in [0.25, 0.3) is 0 Å². The molecule has 2 aromatic rings. The first-order valence-corrected chi connectivity index (χ1v) is 9.96. The second kappa shape index (κ2) is 9.71. The zero-order valence-corrected chi connectivity index (χ0v) is 17.5. The SMILES string of the molecule is COc1cccc(OCC(=O)N2C[C@@H](C)N(Cc3ccc(F)cc3)C[C@@H]2C)c1C=O. The van der Waals surface area contributed by atoms with E-state index in [1.54, 1.807) is 30.3 Å². The van der Waals surface area contributed by atoms with Crippen molar-refractivity contribution in [3.63, 3.8) is 0 Å². The smallest absolute Gasteiger partial charge is 0.260 e. The summed E-state index contributed by atoms with van der Waals surface area (Å²) in [7, 11) is 1.48. The van der Waals surface area contributed by atoms with Gasteiger partial charge in [-0.2, -0.15) is 0 Å². The maximum absolute atomic E-state index is 13.1. The monoisotopic (exact) mass is 414 g/mol. The van der Waals surface area contributed by atoms with Crippen molar-refractivity contribution in [3.05, 3.63) is 59.4 Å². The Balaban J connectivity index is 1.60. The van der Waals surface area contributed by atoms with Gasteiger partial charge in [0.25, 0.3) is 5.91 Å². The molecule has 160 valence electrons. The van der Waals surface area contributed by atoms with E-state index in [1.165, 1.54) is 19.2 Å². The van der Waals surface area contributed by atoms with Gasteiger partial charge in [0.05, 0.1) is 12.7 Å². The summed E-state index contributed by atoms with van der Waals surface area (Å²) >= 11 is 0. The summed E-state index contributed by atoms with van der Waals surface area (Å²) in [6.07, 6.45) is 0.664. The molecule has 30 heavy (non-hydrogen) atoms. The first kappa shape index (κ1) is 21.8. The van der Waals surface area contributed by atoms with Gasteiger partial charge in [-0.25, -0.2) is 4.39 Å². The highest BCUT2D eigenvalue weighted by atomic mass is 19.1. The van der Waals surface area contributed by atoms with Gasteiger partial charge in [-0.15, -0.1) is 0 Å². The molecule has 2 atom stereocenters. The molecule has 1 heterocycles. The van der Waals surface area contributed by atoms with Crippen molar-refractivity contribution in [3.8, 4) is 11.5 Å². The molecule has 1 aliphatic rings. The van der Waals surface area contributed by atoms with Crippen LogP contribution < -0.4 is 9.47 Å². The fraction of sp³-hybridized carbons (Fsp3) is 0.391. The van der Waals surface area contributed by atoms with Gasteiger partial charge in [0.2, 0.25) is 0 Å². The summed E-state index contributed by atoms with van der Waals surface area (Å²) in [6, 6.07) is 11.7. The van der Waals surface area contributed by atoms with Gasteiger partial charge >= 0.3 is 0 Å². The molecule has 3 rings (SSSR count). The van der Waals surface area contributed by atoms with Crippen molar-refractivity contribution in [1.29, 1.82) is 0 Å². The number of halogens is 1. The van der Waals surface area contributed by atoms with E-state index in [0.29, 0.717) is 43.0 Å². The molecule has 6 nitrogen and oxygen atoms in total. The lowest BCUT2D eigenvalue weighted by molar-refractivity contribution is -0.139.